The van der Waals surface area contributed by atoms with Crippen LogP contribution in [0.1, 0.15) is 24.0 Å². The van der Waals surface area contributed by atoms with Crippen molar-refractivity contribution in [2.45, 2.75) is 24.9 Å². The first kappa shape index (κ1) is 16.0. The maximum atomic E-state index is 12.4. The molecule has 25 heavy (non-hydrogen) atoms. The van der Waals surface area contributed by atoms with E-state index in [4.69, 9.17) is 4.74 Å². The van der Waals surface area contributed by atoms with E-state index in [-0.39, 0.29) is 11.5 Å². The molecule has 0 atom stereocenters. The Morgan fingerprint density at radius 1 is 1.04 bits per heavy atom. The first-order valence-electron chi connectivity index (χ1n) is 8.94. The number of fused-ring (bicyclic) bond motifs is 2. The summed E-state index contributed by atoms with van der Waals surface area (Å²) in [5.41, 5.74) is 3.98. The second-order valence-electron chi connectivity index (χ2n) is 7.18. The lowest BCUT2D eigenvalue weighted by Crippen LogP contribution is -2.47. The minimum atomic E-state index is -0.196. The van der Waals surface area contributed by atoms with E-state index in [1.54, 1.807) is 0 Å². The number of carbonyl (C=O) groups is 1. The molecule has 4 rings (SSSR count). The summed E-state index contributed by atoms with van der Waals surface area (Å²) in [7, 11) is 2.16. The second-order valence-corrected chi connectivity index (χ2v) is 7.18. The van der Waals surface area contributed by atoms with Gasteiger partial charge >= 0.3 is 6.09 Å². The molecule has 0 aliphatic carbocycles. The van der Waals surface area contributed by atoms with Crippen molar-refractivity contribution in [1.29, 1.82) is 0 Å². The van der Waals surface area contributed by atoms with E-state index in [1.807, 2.05) is 35.2 Å². The summed E-state index contributed by atoms with van der Waals surface area (Å²) in [6.45, 7) is 2.90. The number of para-hydroxylation sites is 1. The van der Waals surface area contributed by atoms with Gasteiger partial charge in [0.1, 0.15) is 6.61 Å². The Morgan fingerprint density at radius 3 is 2.48 bits per heavy atom. The van der Waals surface area contributed by atoms with Gasteiger partial charge in [-0.15, -0.1) is 0 Å². The van der Waals surface area contributed by atoms with Gasteiger partial charge in [0.15, 0.2) is 0 Å². The van der Waals surface area contributed by atoms with Gasteiger partial charge in [-0.1, -0.05) is 48.5 Å². The molecule has 2 aliphatic rings. The third kappa shape index (κ3) is 2.97. The molecule has 2 aromatic rings. The average molecular weight is 336 g/mol. The monoisotopic (exact) mass is 336 g/mol. The van der Waals surface area contributed by atoms with Gasteiger partial charge in [-0.05, 0) is 30.0 Å². The van der Waals surface area contributed by atoms with Gasteiger partial charge < -0.3 is 14.5 Å². The highest BCUT2D eigenvalue weighted by atomic mass is 16.6. The normalized spacial score (nSPS) is 18.3. The highest BCUT2D eigenvalue weighted by Gasteiger charge is 2.44. The van der Waals surface area contributed by atoms with Crippen molar-refractivity contribution in [2.75, 3.05) is 31.6 Å². The second kappa shape index (κ2) is 6.43. The molecule has 0 aromatic heterocycles. The number of hydrogen-bond donors (Lipinski definition) is 0. The van der Waals surface area contributed by atoms with Crippen molar-refractivity contribution in [1.82, 2.24) is 4.90 Å². The standard InChI is InChI=1S/C21H24N2O2/c1-22-16-21(18-9-5-6-10-19(18)22)11-13-23(14-12-21)20(24)25-15-17-7-3-2-4-8-17/h2-10H,11-16H2,1H3. The van der Waals surface area contributed by atoms with Crippen molar-refractivity contribution in [3.63, 3.8) is 0 Å². The molecule has 2 heterocycles. The molecule has 2 aromatic carbocycles. The predicted octanol–water partition coefficient (Wildman–Crippen LogP) is 3.81. The van der Waals surface area contributed by atoms with Gasteiger partial charge in [0.25, 0.3) is 0 Å². The quantitative estimate of drug-likeness (QED) is 0.836. The number of hydrogen-bond acceptors (Lipinski definition) is 3. The number of piperidine rings is 1. The number of carbonyl (C=O) groups excluding carboxylic acids is 1. The molecular formula is C21H24N2O2. The Kier molecular flexibility index (Phi) is 4.12. The van der Waals surface area contributed by atoms with E-state index in [2.05, 4.69) is 36.2 Å². The maximum Gasteiger partial charge on any atom is 0.410 e. The van der Waals surface area contributed by atoms with E-state index < -0.39 is 0 Å². The molecule has 130 valence electrons. The number of likely N-dealkylation sites (N-methyl/N-ethyl adjacent to an activating group) is 1. The van der Waals surface area contributed by atoms with Crippen LogP contribution in [-0.2, 0) is 16.8 Å². The van der Waals surface area contributed by atoms with Crippen LogP contribution in [0.4, 0.5) is 10.5 Å². The van der Waals surface area contributed by atoms with Crippen LogP contribution in [0.2, 0.25) is 0 Å². The number of anilines is 1. The SMILES string of the molecule is CN1CC2(CCN(C(=O)OCc3ccccc3)CC2)c2ccccc21. The van der Waals surface area contributed by atoms with Gasteiger partial charge in [0.05, 0.1) is 0 Å². The van der Waals surface area contributed by atoms with Crippen LogP contribution in [0.25, 0.3) is 0 Å². The summed E-state index contributed by atoms with van der Waals surface area (Å²) in [4.78, 5) is 16.6. The van der Waals surface area contributed by atoms with Crippen LogP contribution < -0.4 is 4.90 Å². The van der Waals surface area contributed by atoms with Gasteiger partial charge in [-0.25, -0.2) is 4.79 Å². The van der Waals surface area contributed by atoms with E-state index >= 15 is 0 Å². The molecule has 0 bridgehead atoms. The Morgan fingerprint density at radius 2 is 1.72 bits per heavy atom. The minimum absolute atomic E-state index is 0.182. The number of amides is 1. The van der Waals surface area contributed by atoms with E-state index in [0.29, 0.717) is 6.61 Å². The molecular weight excluding hydrogens is 312 g/mol. The molecule has 4 heteroatoms. The number of rotatable bonds is 2. The lowest BCUT2D eigenvalue weighted by Gasteiger charge is -2.39. The number of nitrogens with zero attached hydrogens (tertiary/aromatic N) is 2. The third-order valence-electron chi connectivity index (χ3n) is 5.61. The van der Waals surface area contributed by atoms with Crippen molar-refractivity contribution in [3.05, 3.63) is 65.7 Å². The zero-order valence-electron chi connectivity index (χ0n) is 14.6. The zero-order valence-corrected chi connectivity index (χ0v) is 14.6. The number of likely N-dealkylation sites (tertiary alicyclic amines) is 1. The molecule has 1 saturated heterocycles. The summed E-state index contributed by atoms with van der Waals surface area (Å²) in [5, 5.41) is 0. The van der Waals surface area contributed by atoms with Crippen molar-refractivity contribution in [3.8, 4) is 0 Å². The van der Waals surface area contributed by atoms with Crippen LogP contribution >= 0.6 is 0 Å². The zero-order chi connectivity index (χ0) is 17.3. The molecule has 1 amide bonds. The Bertz CT molecular complexity index is 752. The summed E-state index contributed by atoms with van der Waals surface area (Å²) < 4.78 is 5.49. The summed E-state index contributed by atoms with van der Waals surface area (Å²) in [6, 6.07) is 18.5. The van der Waals surface area contributed by atoms with Crippen molar-refractivity contribution >= 4 is 11.8 Å². The molecule has 0 radical (unpaired) electrons. The first-order chi connectivity index (χ1) is 12.2. The molecule has 4 nitrogen and oxygen atoms in total. The van der Waals surface area contributed by atoms with Crippen LogP contribution in [0.15, 0.2) is 54.6 Å². The molecule has 2 aliphatic heterocycles. The highest BCUT2D eigenvalue weighted by molar-refractivity contribution is 5.68. The van der Waals surface area contributed by atoms with Crippen molar-refractivity contribution in [2.24, 2.45) is 0 Å². The fraction of sp³-hybridized carbons (Fsp3) is 0.381. The molecule has 1 fully saturated rings. The fourth-order valence-electron chi connectivity index (χ4n) is 4.23. The topological polar surface area (TPSA) is 32.8 Å². The fourth-order valence-corrected chi connectivity index (χ4v) is 4.23. The van der Waals surface area contributed by atoms with E-state index in [1.165, 1.54) is 11.3 Å². The van der Waals surface area contributed by atoms with E-state index in [0.717, 1.165) is 38.0 Å². The Balaban J connectivity index is 1.38. The minimum Gasteiger partial charge on any atom is -0.445 e. The highest BCUT2D eigenvalue weighted by Crippen LogP contribution is 2.46. The molecule has 0 unspecified atom stereocenters. The van der Waals surface area contributed by atoms with E-state index in [9.17, 15) is 4.79 Å². The van der Waals surface area contributed by atoms with Gasteiger partial charge in [-0.2, -0.15) is 0 Å². The number of ether oxygens (including phenoxy) is 1. The predicted molar refractivity (Wildman–Crippen MR) is 98.8 cm³/mol. The molecule has 0 saturated carbocycles. The third-order valence-corrected chi connectivity index (χ3v) is 5.61. The molecule has 1 spiro atoms. The van der Waals surface area contributed by atoms with Crippen LogP contribution in [0.5, 0.6) is 0 Å². The lowest BCUT2D eigenvalue weighted by molar-refractivity contribution is 0.0790. The largest absolute Gasteiger partial charge is 0.445 e. The van der Waals surface area contributed by atoms with Crippen LogP contribution in [-0.4, -0.2) is 37.7 Å². The smallest absolute Gasteiger partial charge is 0.410 e. The van der Waals surface area contributed by atoms with Crippen LogP contribution in [0, 0.1) is 0 Å². The first-order valence-corrected chi connectivity index (χ1v) is 8.94. The van der Waals surface area contributed by atoms with Crippen molar-refractivity contribution < 1.29 is 9.53 Å². The van der Waals surface area contributed by atoms with Crippen LogP contribution in [0.3, 0.4) is 0 Å². The lowest BCUT2D eigenvalue weighted by atomic mass is 9.74. The summed E-state index contributed by atoms with van der Waals surface area (Å²) in [6.07, 6.45) is 1.79. The van der Waals surface area contributed by atoms with Gasteiger partial charge in [0.2, 0.25) is 0 Å². The van der Waals surface area contributed by atoms with Gasteiger partial charge in [-0.3, -0.25) is 0 Å². The Labute approximate surface area is 149 Å². The Hall–Kier alpha value is -2.49. The summed E-state index contributed by atoms with van der Waals surface area (Å²) in [5.74, 6) is 0. The maximum absolute atomic E-state index is 12.4. The number of benzene rings is 2. The summed E-state index contributed by atoms with van der Waals surface area (Å²) >= 11 is 0. The molecule has 0 N–H and O–H groups in total. The van der Waals surface area contributed by atoms with Gasteiger partial charge in [0, 0.05) is 37.8 Å². The average Bonchev–Trinajstić information content (AvgIpc) is 2.93.